The number of ether oxygens (including phenoxy) is 2. The van der Waals surface area contributed by atoms with Gasteiger partial charge in [0, 0.05) is 31.2 Å². The molecule has 0 aromatic heterocycles. The van der Waals surface area contributed by atoms with Gasteiger partial charge in [-0.05, 0) is 50.7 Å². The molecule has 9 heteroatoms. The summed E-state index contributed by atoms with van der Waals surface area (Å²) >= 11 is 1.48. The third-order valence-corrected chi connectivity index (χ3v) is 6.93. The summed E-state index contributed by atoms with van der Waals surface area (Å²) in [6.45, 7) is 6.34. The van der Waals surface area contributed by atoms with Gasteiger partial charge in [0.2, 0.25) is 11.8 Å². The Morgan fingerprint density at radius 3 is 2.66 bits per heavy atom. The number of nitrogens with zero attached hydrogens (tertiary/aromatic N) is 1. The van der Waals surface area contributed by atoms with Crippen molar-refractivity contribution in [3.63, 3.8) is 0 Å². The van der Waals surface area contributed by atoms with Gasteiger partial charge in [-0.25, -0.2) is 4.79 Å². The molecule has 0 bridgehead atoms. The summed E-state index contributed by atoms with van der Waals surface area (Å²) in [6, 6.07) is 0. The first kappa shape index (κ1) is 23.7. The van der Waals surface area contributed by atoms with Crippen molar-refractivity contribution >= 4 is 29.5 Å². The molecule has 1 unspecified atom stereocenters. The average Bonchev–Trinajstić information content (AvgIpc) is 3.00. The van der Waals surface area contributed by atoms with Gasteiger partial charge in [-0.2, -0.15) is 0 Å². The monoisotopic (exact) mass is 428 g/mol. The van der Waals surface area contributed by atoms with Crippen LogP contribution in [0.25, 0.3) is 0 Å². The molecule has 2 rings (SSSR count). The van der Waals surface area contributed by atoms with Crippen molar-refractivity contribution < 1.29 is 29.1 Å². The number of allylic oxidation sites excluding steroid dienone is 1. The van der Waals surface area contributed by atoms with Crippen LogP contribution in [0.3, 0.4) is 0 Å². The zero-order valence-corrected chi connectivity index (χ0v) is 18.0. The molecular formula is C20H32N2O6S. The lowest BCUT2D eigenvalue weighted by atomic mass is 9.80. The first-order chi connectivity index (χ1) is 13.9. The van der Waals surface area contributed by atoms with Crippen LogP contribution in [-0.4, -0.2) is 65.3 Å². The standard InChI is InChI=1S/C20H32N2O6S/c1-13(21-26)16-7-5-15(6-8-16)12-22-18(23)11-17(19(22)24)29-10-4-9-28-14(2)20(25)27-3/h14-17,21,26H,1,4-12H2,2-3H3/t14-,15?,16?,17?/m0/s1. The first-order valence-corrected chi connectivity index (χ1v) is 11.2. The highest BCUT2D eigenvalue weighted by Gasteiger charge is 2.40. The number of esters is 1. The molecule has 2 amide bonds. The Bertz CT molecular complexity index is 606. The predicted molar refractivity (Wildman–Crippen MR) is 109 cm³/mol. The largest absolute Gasteiger partial charge is 0.467 e. The van der Waals surface area contributed by atoms with E-state index in [-0.39, 0.29) is 29.4 Å². The van der Waals surface area contributed by atoms with E-state index in [1.165, 1.54) is 23.8 Å². The van der Waals surface area contributed by atoms with E-state index in [0.29, 0.717) is 36.9 Å². The number of carbonyl (C=O) groups excluding carboxylic acids is 3. The van der Waals surface area contributed by atoms with Gasteiger partial charge in [0.25, 0.3) is 0 Å². The number of hydrogen-bond acceptors (Lipinski definition) is 8. The minimum Gasteiger partial charge on any atom is -0.467 e. The molecule has 0 spiro atoms. The number of methoxy groups -OCH3 is 1. The van der Waals surface area contributed by atoms with Crippen molar-refractivity contribution in [1.82, 2.24) is 10.4 Å². The fourth-order valence-electron chi connectivity index (χ4n) is 3.80. The summed E-state index contributed by atoms with van der Waals surface area (Å²) in [4.78, 5) is 37.7. The average molecular weight is 429 g/mol. The van der Waals surface area contributed by atoms with E-state index < -0.39 is 12.1 Å². The highest BCUT2D eigenvalue weighted by atomic mass is 32.2. The van der Waals surface area contributed by atoms with Crippen LogP contribution in [0.15, 0.2) is 12.3 Å². The molecule has 0 aromatic rings. The number of carbonyl (C=O) groups is 3. The highest BCUT2D eigenvalue weighted by molar-refractivity contribution is 8.00. The highest BCUT2D eigenvalue weighted by Crippen LogP contribution is 2.34. The van der Waals surface area contributed by atoms with E-state index in [1.807, 2.05) is 0 Å². The van der Waals surface area contributed by atoms with Crippen LogP contribution in [0.5, 0.6) is 0 Å². The van der Waals surface area contributed by atoms with Gasteiger partial charge < -0.3 is 9.47 Å². The van der Waals surface area contributed by atoms with E-state index >= 15 is 0 Å². The number of nitrogens with one attached hydrogen (secondary N) is 1. The zero-order chi connectivity index (χ0) is 21.4. The molecule has 1 saturated heterocycles. The number of imide groups is 1. The van der Waals surface area contributed by atoms with E-state index in [9.17, 15) is 14.4 Å². The lowest BCUT2D eigenvalue weighted by Gasteiger charge is -2.31. The topological polar surface area (TPSA) is 105 Å². The molecule has 164 valence electrons. The van der Waals surface area contributed by atoms with Crippen molar-refractivity contribution in [1.29, 1.82) is 0 Å². The maximum absolute atomic E-state index is 12.6. The maximum Gasteiger partial charge on any atom is 0.334 e. The number of thioether (sulfide) groups is 1. The normalized spacial score (nSPS) is 25.8. The Morgan fingerprint density at radius 2 is 2.03 bits per heavy atom. The molecular weight excluding hydrogens is 396 g/mol. The fraction of sp³-hybridized carbons (Fsp3) is 0.750. The molecule has 2 aliphatic rings. The molecule has 1 saturated carbocycles. The minimum atomic E-state index is -0.601. The second-order valence-corrected chi connectivity index (χ2v) is 8.96. The lowest BCUT2D eigenvalue weighted by Crippen LogP contribution is -2.37. The molecule has 1 aliphatic carbocycles. The van der Waals surface area contributed by atoms with Crippen LogP contribution in [0.4, 0.5) is 0 Å². The quantitative estimate of drug-likeness (QED) is 0.223. The summed E-state index contributed by atoms with van der Waals surface area (Å²) in [5.41, 5.74) is 2.78. The van der Waals surface area contributed by atoms with E-state index in [2.05, 4.69) is 16.8 Å². The molecule has 2 atom stereocenters. The van der Waals surface area contributed by atoms with Crippen molar-refractivity contribution in [3.05, 3.63) is 12.3 Å². The number of hydrogen-bond donors (Lipinski definition) is 2. The van der Waals surface area contributed by atoms with Crippen molar-refractivity contribution in [2.45, 2.75) is 56.8 Å². The Balaban J connectivity index is 1.69. The van der Waals surface area contributed by atoms with Crippen LogP contribution >= 0.6 is 11.8 Å². The van der Waals surface area contributed by atoms with Crippen molar-refractivity contribution in [3.8, 4) is 0 Å². The summed E-state index contributed by atoms with van der Waals surface area (Å²) in [5, 5.41) is 8.65. The second kappa shape index (κ2) is 11.6. The predicted octanol–water partition coefficient (Wildman–Crippen LogP) is 2.11. The van der Waals surface area contributed by atoms with Gasteiger partial charge in [-0.15, -0.1) is 11.8 Å². The Hall–Kier alpha value is -1.58. The van der Waals surface area contributed by atoms with Crippen LogP contribution in [-0.2, 0) is 23.9 Å². The summed E-state index contributed by atoms with van der Waals surface area (Å²) in [7, 11) is 1.32. The summed E-state index contributed by atoms with van der Waals surface area (Å²) < 4.78 is 9.98. The van der Waals surface area contributed by atoms with Gasteiger partial charge in [-0.3, -0.25) is 25.2 Å². The van der Waals surface area contributed by atoms with E-state index in [4.69, 9.17) is 9.94 Å². The van der Waals surface area contributed by atoms with Gasteiger partial charge in [0.1, 0.15) is 0 Å². The first-order valence-electron chi connectivity index (χ1n) is 10.1. The number of amides is 2. The zero-order valence-electron chi connectivity index (χ0n) is 17.2. The third kappa shape index (κ3) is 6.72. The van der Waals surface area contributed by atoms with E-state index in [1.54, 1.807) is 6.92 Å². The van der Waals surface area contributed by atoms with E-state index in [0.717, 1.165) is 25.7 Å². The number of rotatable bonds is 11. The lowest BCUT2D eigenvalue weighted by molar-refractivity contribution is -0.152. The molecule has 8 nitrogen and oxygen atoms in total. The number of hydroxylamine groups is 1. The summed E-state index contributed by atoms with van der Waals surface area (Å²) in [5.74, 6) is 0.651. The van der Waals surface area contributed by atoms with Gasteiger partial charge >= 0.3 is 5.97 Å². The molecule has 2 fully saturated rings. The Kier molecular flexibility index (Phi) is 9.45. The Morgan fingerprint density at radius 1 is 1.34 bits per heavy atom. The smallest absolute Gasteiger partial charge is 0.334 e. The minimum absolute atomic E-state index is 0.0904. The van der Waals surface area contributed by atoms with Crippen LogP contribution in [0.2, 0.25) is 0 Å². The fourth-order valence-corrected chi connectivity index (χ4v) is 4.90. The number of likely N-dealkylation sites (tertiary alicyclic amines) is 1. The van der Waals surface area contributed by atoms with Gasteiger partial charge in [-0.1, -0.05) is 6.58 Å². The molecule has 1 aliphatic heterocycles. The van der Waals surface area contributed by atoms with Crippen LogP contribution in [0, 0.1) is 11.8 Å². The van der Waals surface area contributed by atoms with Gasteiger partial charge in [0.15, 0.2) is 6.10 Å². The molecule has 0 aromatic carbocycles. The third-order valence-electron chi connectivity index (χ3n) is 5.64. The molecule has 0 radical (unpaired) electrons. The van der Waals surface area contributed by atoms with Crippen LogP contribution < -0.4 is 5.48 Å². The molecule has 2 N–H and O–H groups in total. The second-order valence-electron chi connectivity index (χ2n) is 7.65. The van der Waals surface area contributed by atoms with Crippen molar-refractivity contribution in [2.75, 3.05) is 26.0 Å². The maximum atomic E-state index is 12.6. The van der Waals surface area contributed by atoms with Crippen LogP contribution in [0.1, 0.15) is 45.4 Å². The SMILES string of the molecule is C=C(NO)C1CCC(CN2C(=O)CC(SCCCO[C@@H](C)C(=O)OC)C2=O)CC1. The summed E-state index contributed by atoms with van der Waals surface area (Å²) in [6.07, 6.45) is 3.97. The van der Waals surface area contributed by atoms with Gasteiger partial charge in [0.05, 0.1) is 12.4 Å². The Labute approximate surface area is 176 Å². The molecule has 29 heavy (non-hydrogen) atoms. The molecule has 1 heterocycles. The van der Waals surface area contributed by atoms with Crippen molar-refractivity contribution in [2.24, 2.45) is 11.8 Å².